The average molecular weight is 264 g/mol. The number of hydrogen-bond acceptors (Lipinski definition) is 2. The van der Waals surface area contributed by atoms with Crippen molar-refractivity contribution in [1.82, 2.24) is 0 Å². The molecule has 0 amide bonds. The lowest BCUT2D eigenvalue weighted by molar-refractivity contribution is 0.195. The minimum Gasteiger partial charge on any atom is -0.456 e. The van der Waals surface area contributed by atoms with Crippen LogP contribution in [0.3, 0.4) is 0 Å². The number of aliphatic hydroxyl groups is 1. The van der Waals surface area contributed by atoms with Crippen LogP contribution in [0, 0.1) is 0 Å². The molecule has 2 heteroatoms. The van der Waals surface area contributed by atoms with Crippen molar-refractivity contribution in [2.75, 3.05) is 0 Å². The minimum absolute atomic E-state index is 0.554. The summed E-state index contributed by atoms with van der Waals surface area (Å²) in [5, 5.41) is 12.0. The number of rotatable bonds is 3. The highest BCUT2D eigenvalue weighted by atomic mass is 16.5. The summed E-state index contributed by atoms with van der Waals surface area (Å²) < 4.78 is 6.02. The maximum Gasteiger partial charge on any atom is 0.135 e. The Bertz CT molecular complexity index is 727. The molecule has 3 aromatic carbocycles. The Balaban J connectivity index is 2.06. The zero-order valence-electron chi connectivity index (χ0n) is 11.3. The molecule has 0 saturated carbocycles. The third kappa shape index (κ3) is 2.38. The van der Waals surface area contributed by atoms with Crippen molar-refractivity contribution < 1.29 is 9.84 Å². The van der Waals surface area contributed by atoms with Gasteiger partial charge in [-0.25, -0.2) is 0 Å². The lowest BCUT2D eigenvalue weighted by atomic mass is 10.1. The number of fused-ring (bicyclic) bond motifs is 1. The fourth-order valence-corrected chi connectivity index (χ4v) is 2.32. The summed E-state index contributed by atoms with van der Waals surface area (Å²) in [6.07, 6.45) is -0.554. The van der Waals surface area contributed by atoms with Crippen LogP contribution in [-0.2, 0) is 0 Å². The topological polar surface area (TPSA) is 29.5 Å². The van der Waals surface area contributed by atoms with E-state index >= 15 is 0 Å². The van der Waals surface area contributed by atoms with Crippen LogP contribution >= 0.6 is 0 Å². The van der Waals surface area contributed by atoms with E-state index in [-0.39, 0.29) is 0 Å². The van der Waals surface area contributed by atoms with Gasteiger partial charge in [-0.15, -0.1) is 0 Å². The number of hydrogen-bond donors (Lipinski definition) is 1. The smallest absolute Gasteiger partial charge is 0.135 e. The van der Waals surface area contributed by atoms with E-state index < -0.39 is 6.10 Å². The monoisotopic (exact) mass is 264 g/mol. The van der Waals surface area contributed by atoms with E-state index in [1.54, 1.807) is 6.92 Å². The van der Waals surface area contributed by atoms with Gasteiger partial charge in [0.15, 0.2) is 0 Å². The van der Waals surface area contributed by atoms with Gasteiger partial charge in [-0.1, -0.05) is 54.6 Å². The molecule has 20 heavy (non-hydrogen) atoms. The fraction of sp³-hybridized carbons (Fsp3) is 0.111. The lowest BCUT2D eigenvalue weighted by Crippen LogP contribution is -1.96. The summed E-state index contributed by atoms with van der Waals surface area (Å²) in [7, 11) is 0. The van der Waals surface area contributed by atoms with E-state index in [1.807, 2.05) is 54.6 Å². The van der Waals surface area contributed by atoms with Crippen LogP contribution < -0.4 is 4.74 Å². The summed E-state index contributed by atoms with van der Waals surface area (Å²) in [6.45, 7) is 1.74. The van der Waals surface area contributed by atoms with Gasteiger partial charge in [0.05, 0.1) is 6.10 Å². The Hall–Kier alpha value is -2.32. The van der Waals surface area contributed by atoms with E-state index in [1.165, 1.54) is 0 Å². The highest BCUT2D eigenvalue weighted by Gasteiger charge is 2.10. The van der Waals surface area contributed by atoms with Crippen LogP contribution in [0.1, 0.15) is 18.6 Å². The van der Waals surface area contributed by atoms with Crippen LogP contribution in [-0.4, -0.2) is 5.11 Å². The molecular formula is C18H16O2. The molecule has 0 fully saturated rings. The minimum atomic E-state index is -0.554. The highest BCUT2D eigenvalue weighted by Crippen LogP contribution is 2.33. The molecule has 0 aliphatic rings. The molecule has 0 aliphatic heterocycles. The SMILES string of the molecule is CC(O)c1ccccc1Oc1cccc2ccccc12. The summed E-state index contributed by atoms with van der Waals surface area (Å²) >= 11 is 0. The van der Waals surface area contributed by atoms with Crippen LogP contribution in [0.2, 0.25) is 0 Å². The van der Waals surface area contributed by atoms with Gasteiger partial charge in [-0.3, -0.25) is 0 Å². The molecule has 0 bridgehead atoms. The molecule has 0 aliphatic carbocycles. The largest absolute Gasteiger partial charge is 0.456 e. The second-order valence-corrected chi connectivity index (χ2v) is 4.79. The predicted octanol–water partition coefficient (Wildman–Crippen LogP) is 4.69. The molecular weight excluding hydrogens is 248 g/mol. The van der Waals surface area contributed by atoms with Crippen molar-refractivity contribution in [3.05, 3.63) is 72.3 Å². The molecule has 0 aromatic heterocycles. The van der Waals surface area contributed by atoms with Crippen LogP contribution in [0.15, 0.2) is 66.7 Å². The molecule has 0 saturated heterocycles. The maximum absolute atomic E-state index is 9.82. The first kappa shape index (κ1) is 12.7. The Morgan fingerprint density at radius 3 is 2.30 bits per heavy atom. The second kappa shape index (κ2) is 5.35. The standard InChI is InChI=1S/C18H16O2/c1-13(19)15-9-4-5-11-17(15)20-18-12-6-8-14-7-2-3-10-16(14)18/h2-13,19H,1H3. The zero-order valence-corrected chi connectivity index (χ0v) is 11.3. The van der Waals surface area contributed by atoms with E-state index in [4.69, 9.17) is 4.74 Å². The molecule has 1 unspecified atom stereocenters. The molecule has 0 radical (unpaired) electrons. The molecule has 3 aromatic rings. The van der Waals surface area contributed by atoms with Crippen LogP contribution in [0.25, 0.3) is 10.8 Å². The van der Waals surface area contributed by atoms with E-state index in [0.29, 0.717) is 5.75 Å². The van der Waals surface area contributed by atoms with E-state index in [9.17, 15) is 5.11 Å². The molecule has 2 nitrogen and oxygen atoms in total. The van der Waals surface area contributed by atoms with Crippen molar-refractivity contribution in [2.24, 2.45) is 0 Å². The van der Waals surface area contributed by atoms with Gasteiger partial charge in [0.1, 0.15) is 11.5 Å². The average Bonchev–Trinajstić information content (AvgIpc) is 2.48. The van der Waals surface area contributed by atoms with Gasteiger partial charge in [-0.05, 0) is 24.4 Å². The molecule has 3 rings (SSSR count). The Labute approximate surface area is 118 Å². The summed E-state index contributed by atoms with van der Waals surface area (Å²) in [4.78, 5) is 0. The second-order valence-electron chi connectivity index (χ2n) is 4.79. The first-order valence-corrected chi connectivity index (χ1v) is 6.68. The quantitative estimate of drug-likeness (QED) is 0.744. The zero-order chi connectivity index (χ0) is 13.9. The first-order valence-electron chi connectivity index (χ1n) is 6.68. The van der Waals surface area contributed by atoms with Crippen molar-refractivity contribution in [3.8, 4) is 11.5 Å². The van der Waals surface area contributed by atoms with Gasteiger partial charge in [0, 0.05) is 10.9 Å². The van der Waals surface area contributed by atoms with Gasteiger partial charge >= 0.3 is 0 Å². The predicted molar refractivity (Wildman–Crippen MR) is 81.1 cm³/mol. The summed E-state index contributed by atoms with van der Waals surface area (Å²) in [5.74, 6) is 1.50. The van der Waals surface area contributed by atoms with E-state index in [0.717, 1.165) is 22.1 Å². The third-order valence-electron chi connectivity index (χ3n) is 3.34. The van der Waals surface area contributed by atoms with Crippen molar-refractivity contribution >= 4 is 10.8 Å². The Kier molecular flexibility index (Phi) is 3.40. The maximum atomic E-state index is 9.82. The van der Waals surface area contributed by atoms with Gasteiger partial charge in [0.25, 0.3) is 0 Å². The van der Waals surface area contributed by atoms with Crippen molar-refractivity contribution in [1.29, 1.82) is 0 Å². The van der Waals surface area contributed by atoms with E-state index in [2.05, 4.69) is 12.1 Å². The molecule has 0 spiro atoms. The first-order chi connectivity index (χ1) is 9.75. The summed E-state index contributed by atoms with van der Waals surface area (Å²) in [5.41, 5.74) is 0.792. The highest BCUT2D eigenvalue weighted by molar-refractivity contribution is 5.88. The molecule has 100 valence electrons. The number of aliphatic hydroxyl groups excluding tert-OH is 1. The van der Waals surface area contributed by atoms with Gasteiger partial charge in [0.2, 0.25) is 0 Å². The van der Waals surface area contributed by atoms with Gasteiger partial charge in [-0.2, -0.15) is 0 Å². The normalized spacial score (nSPS) is 12.3. The third-order valence-corrected chi connectivity index (χ3v) is 3.34. The Morgan fingerprint density at radius 1 is 0.800 bits per heavy atom. The lowest BCUT2D eigenvalue weighted by Gasteiger charge is -2.14. The van der Waals surface area contributed by atoms with Crippen molar-refractivity contribution in [3.63, 3.8) is 0 Å². The number of para-hydroxylation sites is 1. The Morgan fingerprint density at radius 2 is 1.45 bits per heavy atom. The molecule has 1 atom stereocenters. The van der Waals surface area contributed by atoms with Gasteiger partial charge < -0.3 is 9.84 Å². The van der Waals surface area contributed by atoms with Crippen LogP contribution in [0.5, 0.6) is 11.5 Å². The fourth-order valence-electron chi connectivity index (χ4n) is 2.32. The van der Waals surface area contributed by atoms with Crippen molar-refractivity contribution in [2.45, 2.75) is 13.0 Å². The number of ether oxygens (including phenoxy) is 1. The molecule has 1 N–H and O–H groups in total. The van der Waals surface area contributed by atoms with Crippen LogP contribution in [0.4, 0.5) is 0 Å². The number of benzene rings is 3. The molecule has 0 heterocycles. The summed E-state index contributed by atoms with van der Waals surface area (Å²) in [6, 6.07) is 21.6.